The third kappa shape index (κ3) is 2.97. The normalized spacial score (nSPS) is 10.0. The van der Waals surface area contributed by atoms with Crippen molar-refractivity contribution in [3.8, 4) is 23.8 Å². The molecule has 0 saturated carbocycles. The molecule has 0 amide bonds. The Morgan fingerprint density at radius 3 is 2.46 bits per heavy atom. The Balaban J connectivity index is 2.06. The van der Waals surface area contributed by atoms with Crippen LogP contribution in [0.5, 0.6) is 5.75 Å². The number of methoxy groups -OCH3 is 1. The highest BCUT2D eigenvalue weighted by atomic mass is 16.5. The summed E-state index contributed by atoms with van der Waals surface area (Å²) in [6.45, 7) is 1.69. The fourth-order valence-electron chi connectivity index (χ4n) is 2.29. The van der Waals surface area contributed by atoms with Gasteiger partial charge < -0.3 is 15.8 Å². The first-order chi connectivity index (χ1) is 12.6. The molecule has 0 fully saturated rings. The molecule has 3 rings (SSSR count). The van der Waals surface area contributed by atoms with Crippen molar-refractivity contribution < 1.29 is 4.74 Å². The molecule has 9 heteroatoms. The van der Waals surface area contributed by atoms with Crippen LogP contribution in [-0.4, -0.2) is 26.9 Å². The maximum Gasteiger partial charge on any atom is 0.254 e. The SMILES string of the molecule is COc1ccc(Nc2nc(-n3ncc(C#N)c3N)nc(C)c2C#N)cc1. The Kier molecular flexibility index (Phi) is 4.37. The first-order valence-corrected chi connectivity index (χ1v) is 7.51. The second kappa shape index (κ2) is 6.79. The van der Waals surface area contributed by atoms with Crippen LogP contribution in [0.3, 0.4) is 0 Å². The van der Waals surface area contributed by atoms with Crippen LogP contribution < -0.4 is 15.8 Å². The maximum atomic E-state index is 9.44. The molecule has 0 unspecified atom stereocenters. The first kappa shape index (κ1) is 16.7. The number of hydrogen-bond acceptors (Lipinski definition) is 8. The molecule has 2 heterocycles. The molecule has 128 valence electrons. The van der Waals surface area contributed by atoms with Gasteiger partial charge in [-0.1, -0.05) is 0 Å². The average Bonchev–Trinajstić information content (AvgIpc) is 3.02. The fraction of sp³-hybridized carbons (Fsp3) is 0.118. The lowest BCUT2D eigenvalue weighted by Gasteiger charge is -2.12. The predicted molar refractivity (Wildman–Crippen MR) is 94.0 cm³/mol. The Morgan fingerprint density at radius 2 is 1.88 bits per heavy atom. The van der Waals surface area contributed by atoms with Gasteiger partial charge in [0.2, 0.25) is 0 Å². The van der Waals surface area contributed by atoms with Crippen LogP contribution >= 0.6 is 0 Å². The molecule has 26 heavy (non-hydrogen) atoms. The first-order valence-electron chi connectivity index (χ1n) is 7.51. The number of aryl methyl sites for hydroxylation is 1. The lowest BCUT2D eigenvalue weighted by Crippen LogP contribution is -2.11. The van der Waals surface area contributed by atoms with Gasteiger partial charge in [0.05, 0.1) is 19.0 Å². The summed E-state index contributed by atoms with van der Waals surface area (Å²) in [5.41, 5.74) is 7.60. The highest BCUT2D eigenvalue weighted by molar-refractivity contribution is 5.65. The zero-order chi connectivity index (χ0) is 18.7. The van der Waals surface area contributed by atoms with E-state index in [2.05, 4.69) is 26.5 Å². The van der Waals surface area contributed by atoms with Crippen LogP contribution in [0.1, 0.15) is 16.8 Å². The van der Waals surface area contributed by atoms with Crippen molar-refractivity contribution in [2.24, 2.45) is 0 Å². The molecular formula is C17H14N8O. The number of nitrogens with zero attached hydrogens (tertiary/aromatic N) is 6. The number of anilines is 3. The summed E-state index contributed by atoms with van der Waals surface area (Å²) >= 11 is 0. The Bertz CT molecular complexity index is 1040. The van der Waals surface area contributed by atoms with Crippen LogP contribution in [0, 0.1) is 29.6 Å². The molecule has 0 bridgehead atoms. The summed E-state index contributed by atoms with van der Waals surface area (Å²) in [6.07, 6.45) is 1.34. The third-order valence-electron chi connectivity index (χ3n) is 3.66. The topological polar surface area (TPSA) is 138 Å². The van der Waals surface area contributed by atoms with E-state index in [-0.39, 0.29) is 17.3 Å². The van der Waals surface area contributed by atoms with Crippen LogP contribution in [0.15, 0.2) is 30.5 Å². The zero-order valence-electron chi connectivity index (χ0n) is 14.1. The molecule has 3 aromatic rings. The van der Waals surface area contributed by atoms with Crippen LogP contribution in [0.4, 0.5) is 17.3 Å². The van der Waals surface area contributed by atoms with Crippen molar-refractivity contribution in [3.63, 3.8) is 0 Å². The number of nitrogens with one attached hydrogen (secondary N) is 1. The fourth-order valence-corrected chi connectivity index (χ4v) is 2.29. The summed E-state index contributed by atoms with van der Waals surface area (Å²) in [4.78, 5) is 8.63. The molecule has 0 aliphatic heterocycles. The van der Waals surface area contributed by atoms with Gasteiger partial charge in [0.25, 0.3) is 5.95 Å². The Morgan fingerprint density at radius 1 is 1.15 bits per heavy atom. The molecular weight excluding hydrogens is 332 g/mol. The number of nitrogens with two attached hydrogens (primary N) is 1. The van der Waals surface area contributed by atoms with E-state index in [1.165, 1.54) is 10.9 Å². The van der Waals surface area contributed by atoms with E-state index in [4.69, 9.17) is 15.7 Å². The Labute approximate surface area is 149 Å². The second-order valence-corrected chi connectivity index (χ2v) is 5.27. The average molecular weight is 346 g/mol. The van der Waals surface area contributed by atoms with Gasteiger partial charge in [0.1, 0.15) is 34.8 Å². The molecule has 0 aliphatic carbocycles. The summed E-state index contributed by atoms with van der Waals surface area (Å²) in [6, 6.07) is 11.2. The van der Waals surface area contributed by atoms with E-state index in [9.17, 15) is 5.26 Å². The standard InChI is InChI=1S/C17H14N8O/c1-10-14(8-19)16(23-12-3-5-13(26-2)6-4-12)24-17(22-10)25-15(20)11(7-18)9-21-25/h3-6,9H,20H2,1-2H3,(H,22,23,24). The van der Waals surface area contributed by atoms with Crippen LogP contribution in [0.2, 0.25) is 0 Å². The van der Waals surface area contributed by atoms with E-state index >= 15 is 0 Å². The summed E-state index contributed by atoms with van der Waals surface area (Å²) in [5.74, 6) is 1.32. The smallest absolute Gasteiger partial charge is 0.254 e. The van der Waals surface area contributed by atoms with Crippen molar-refractivity contribution in [1.82, 2.24) is 19.7 Å². The Hall–Kier alpha value is -4.11. The molecule has 9 nitrogen and oxygen atoms in total. The van der Waals surface area contributed by atoms with Gasteiger partial charge >= 0.3 is 0 Å². The lowest BCUT2D eigenvalue weighted by atomic mass is 10.2. The minimum absolute atomic E-state index is 0.131. The minimum atomic E-state index is 0.131. The van der Waals surface area contributed by atoms with E-state index in [0.29, 0.717) is 22.8 Å². The van der Waals surface area contributed by atoms with E-state index < -0.39 is 0 Å². The molecule has 0 spiro atoms. The van der Waals surface area contributed by atoms with Crippen molar-refractivity contribution in [3.05, 3.63) is 47.3 Å². The molecule has 0 aliphatic rings. The van der Waals surface area contributed by atoms with Crippen LogP contribution in [0.25, 0.3) is 5.95 Å². The summed E-state index contributed by atoms with van der Waals surface area (Å²) in [5, 5.41) is 25.6. The van der Waals surface area contributed by atoms with E-state index in [1.54, 1.807) is 38.3 Å². The number of ether oxygens (including phenoxy) is 1. The molecule has 0 saturated heterocycles. The maximum absolute atomic E-state index is 9.44. The number of hydrogen-bond donors (Lipinski definition) is 2. The molecule has 0 atom stereocenters. The number of rotatable bonds is 4. The van der Waals surface area contributed by atoms with Crippen molar-refractivity contribution in [2.45, 2.75) is 6.92 Å². The van der Waals surface area contributed by atoms with Crippen molar-refractivity contribution >= 4 is 17.3 Å². The highest BCUT2D eigenvalue weighted by Gasteiger charge is 2.16. The van der Waals surface area contributed by atoms with Crippen LogP contribution in [-0.2, 0) is 0 Å². The monoisotopic (exact) mass is 346 g/mol. The van der Waals surface area contributed by atoms with Crippen molar-refractivity contribution in [1.29, 1.82) is 10.5 Å². The number of nitriles is 2. The lowest BCUT2D eigenvalue weighted by molar-refractivity contribution is 0.415. The van der Waals surface area contributed by atoms with E-state index in [1.807, 2.05) is 6.07 Å². The van der Waals surface area contributed by atoms with E-state index in [0.717, 1.165) is 5.69 Å². The largest absolute Gasteiger partial charge is 0.497 e. The molecule has 3 N–H and O–H groups in total. The summed E-state index contributed by atoms with van der Waals surface area (Å²) in [7, 11) is 1.58. The molecule has 1 aromatic carbocycles. The number of benzene rings is 1. The van der Waals surface area contributed by atoms with Gasteiger partial charge in [0.15, 0.2) is 5.82 Å². The minimum Gasteiger partial charge on any atom is -0.497 e. The highest BCUT2D eigenvalue weighted by Crippen LogP contribution is 2.24. The van der Waals surface area contributed by atoms with Gasteiger partial charge in [0, 0.05) is 5.69 Å². The van der Waals surface area contributed by atoms with Gasteiger partial charge in [-0.15, -0.1) is 0 Å². The van der Waals surface area contributed by atoms with Gasteiger partial charge in [-0.25, -0.2) is 4.98 Å². The van der Waals surface area contributed by atoms with Gasteiger partial charge in [-0.3, -0.25) is 0 Å². The third-order valence-corrected chi connectivity index (χ3v) is 3.66. The predicted octanol–water partition coefficient (Wildman–Crippen LogP) is 2.05. The van der Waals surface area contributed by atoms with Gasteiger partial charge in [-0.2, -0.15) is 25.3 Å². The van der Waals surface area contributed by atoms with Crippen molar-refractivity contribution in [2.75, 3.05) is 18.2 Å². The van der Waals surface area contributed by atoms with Gasteiger partial charge in [-0.05, 0) is 31.2 Å². The molecule has 0 radical (unpaired) electrons. The quantitative estimate of drug-likeness (QED) is 0.731. The number of nitrogen functional groups attached to an aromatic ring is 1. The summed E-state index contributed by atoms with van der Waals surface area (Å²) < 4.78 is 6.38. The molecule has 2 aromatic heterocycles. The second-order valence-electron chi connectivity index (χ2n) is 5.27. The number of aromatic nitrogens is 4. The zero-order valence-corrected chi connectivity index (χ0v) is 14.1.